The number of anilines is 1. The van der Waals surface area contributed by atoms with Gasteiger partial charge in [0.2, 0.25) is 0 Å². The van der Waals surface area contributed by atoms with E-state index in [4.69, 9.17) is 10.5 Å². The number of hydrogen-bond donors (Lipinski definition) is 3. The zero-order valence-electron chi connectivity index (χ0n) is 9.57. The number of carbonyl (C=O) groups is 1. The maximum absolute atomic E-state index is 11.4. The maximum Gasteiger partial charge on any atom is 0.413 e. The van der Waals surface area contributed by atoms with Crippen LogP contribution in [0.5, 0.6) is 11.5 Å². The molecule has 0 atom stereocenters. The van der Waals surface area contributed by atoms with Crippen LogP contribution in [0.15, 0.2) is 18.2 Å². The van der Waals surface area contributed by atoms with E-state index in [2.05, 4.69) is 5.32 Å². The first kappa shape index (κ1) is 12.2. The fourth-order valence-electron chi connectivity index (χ4n) is 1.08. The molecular formula is C11H16N2O3. The lowest BCUT2D eigenvalue weighted by Crippen LogP contribution is -2.42. The fourth-order valence-corrected chi connectivity index (χ4v) is 1.08. The number of amides is 1. The zero-order valence-corrected chi connectivity index (χ0v) is 9.57. The molecule has 1 rings (SSSR count). The Labute approximate surface area is 94.2 Å². The monoisotopic (exact) mass is 224 g/mol. The van der Waals surface area contributed by atoms with Gasteiger partial charge in [-0.25, -0.2) is 4.79 Å². The second-order valence-corrected chi connectivity index (χ2v) is 4.46. The number of nitrogens with one attached hydrogen (secondary N) is 1. The van der Waals surface area contributed by atoms with Gasteiger partial charge in [-0.3, -0.25) is 0 Å². The van der Waals surface area contributed by atoms with Crippen LogP contribution in [0.4, 0.5) is 10.5 Å². The normalized spacial score (nSPS) is 10.9. The summed E-state index contributed by atoms with van der Waals surface area (Å²) < 4.78 is 4.93. The third-order valence-electron chi connectivity index (χ3n) is 1.70. The number of nitrogen functional groups attached to an aromatic ring is 1. The molecule has 4 N–H and O–H groups in total. The number of phenolic OH excluding ortho intramolecular Hbond substituents is 1. The molecule has 16 heavy (non-hydrogen) atoms. The minimum Gasteiger partial charge on any atom is -0.504 e. The van der Waals surface area contributed by atoms with Crippen LogP contribution in [0.2, 0.25) is 0 Å². The van der Waals surface area contributed by atoms with Crippen molar-refractivity contribution in [3.8, 4) is 11.5 Å². The Morgan fingerprint density at radius 3 is 2.56 bits per heavy atom. The molecule has 0 bridgehead atoms. The molecule has 5 heteroatoms. The lowest BCUT2D eigenvalue weighted by molar-refractivity contribution is 0.189. The van der Waals surface area contributed by atoms with Crippen LogP contribution >= 0.6 is 0 Å². The van der Waals surface area contributed by atoms with Crippen LogP contribution in [0.25, 0.3) is 0 Å². The van der Waals surface area contributed by atoms with Crippen molar-refractivity contribution < 1.29 is 14.6 Å². The number of ether oxygens (including phenoxy) is 1. The summed E-state index contributed by atoms with van der Waals surface area (Å²) in [5, 5.41) is 12.0. The molecule has 0 spiro atoms. The molecule has 1 aromatic rings. The first-order valence-corrected chi connectivity index (χ1v) is 4.87. The van der Waals surface area contributed by atoms with Gasteiger partial charge in [0.05, 0.1) is 5.69 Å². The molecule has 88 valence electrons. The van der Waals surface area contributed by atoms with E-state index < -0.39 is 11.6 Å². The number of phenols is 1. The van der Waals surface area contributed by atoms with E-state index in [1.165, 1.54) is 6.07 Å². The van der Waals surface area contributed by atoms with E-state index in [1.807, 2.05) is 20.8 Å². The molecular weight excluding hydrogens is 208 g/mol. The second-order valence-electron chi connectivity index (χ2n) is 4.46. The Morgan fingerprint density at radius 2 is 2.06 bits per heavy atom. The molecule has 0 saturated carbocycles. The molecule has 0 aliphatic heterocycles. The Kier molecular flexibility index (Phi) is 3.27. The highest BCUT2D eigenvalue weighted by molar-refractivity contribution is 5.75. The van der Waals surface area contributed by atoms with Crippen LogP contribution in [0.3, 0.4) is 0 Å². The second kappa shape index (κ2) is 4.30. The minimum absolute atomic E-state index is 0.0238. The number of benzene rings is 1. The molecule has 0 heterocycles. The van der Waals surface area contributed by atoms with Gasteiger partial charge in [0.1, 0.15) is 0 Å². The van der Waals surface area contributed by atoms with Crippen molar-refractivity contribution in [2.24, 2.45) is 0 Å². The molecule has 0 fully saturated rings. The first-order valence-electron chi connectivity index (χ1n) is 4.87. The third-order valence-corrected chi connectivity index (χ3v) is 1.70. The topological polar surface area (TPSA) is 84.6 Å². The van der Waals surface area contributed by atoms with Crippen molar-refractivity contribution in [3.05, 3.63) is 18.2 Å². The fraction of sp³-hybridized carbons (Fsp3) is 0.364. The van der Waals surface area contributed by atoms with E-state index in [1.54, 1.807) is 12.1 Å². The van der Waals surface area contributed by atoms with Crippen molar-refractivity contribution >= 4 is 11.8 Å². The lowest BCUT2D eigenvalue weighted by atomic mass is 10.1. The average molecular weight is 224 g/mol. The largest absolute Gasteiger partial charge is 0.504 e. The maximum atomic E-state index is 11.4. The number of para-hydroxylation sites is 1. The Hall–Kier alpha value is -1.91. The van der Waals surface area contributed by atoms with E-state index in [-0.39, 0.29) is 17.2 Å². The van der Waals surface area contributed by atoms with Gasteiger partial charge in [0.15, 0.2) is 11.5 Å². The zero-order chi connectivity index (χ0) is 12.3. The summed E-state index contributed by atoms with van der Waals surface area (Å²) in [5.41, 5.74) is 5.37. The van der Waals surface area contributed by atoms with Crippen molar-refractivity contribution in [2.45, 2.75) is 26.3 Å². The smallest absolute Gasteiger partial charge is 0.413 e. The van der Waals surface area contributed by atoms with E-state index in [9.17, 15) is 9.90 Å². The SMILES string of the molecule is CC(C)(C)NC(=O)Oc1c(N)cccc1O. The van der Waals surface area contributed by atoms with E-state index in [0.29, 0.717) is 0 Å². The van der Waals surface area contributed by atoms with Gasteiger partial charge in [-0.05, 0) is 32.9 Å². The molecule has 0 saturated heterocycles. The number of hydrogen-bond acceptors (Lipinski definition) is 4. The van der Waals surface area contributed by atoms with Crippen molar-refractivity contribution in [1.82, 2.24) is 5.32 Å². The molecule has 0 aliphatic rings. The molecule has 1 aromatic carbocycles. The van der Waals surface area contributed by atoms with Crippen molar-refractivity contribution in [2.75, 3.05) is 5.73 Å². The van der Waals surface area contributed by atoms with Crippen LogP contribution < -0.4 is 15.8 Å². The Balaban J connectivity index is 2.78. The highest BCUT2D eigenvalue weighted by Gasteiger charge is 2.17. The third kappa shape index (κ3) is 3.34. The van der Waals surface area contributed by atoms with Crippen LogP contribution in [0, 0.1) is 0 Å². The van der Waals surface area contributed by atoms with Gasteiger partial charge in [0.25, 0.3) is 0 Å². The lowest BCUT2D eigenvalue weighted by Gasteiger charge is -2.20. The average Bonchev–Trinajstić information content (AvgIpc) is 2.08. The summed E-state index contributed by atoms with van der Waals surface area (Å²) in [6.45, 7) is 5.47. The minimum atomic E-state index is -0.652. The highest BCUT2D eigenvalue weighted by Crippen LogP contribution is 2.31. The van der Waals surface area contributed by atoms with Gasteiger partial charge >= 0.3 is 6.09 Å². The van der Waals surface area contributed by atoms with Crippen molar-refractivity contribution in [3.63, 3.8) is 0 Å². The number of aromatic hydroxyl groups is 1. The number of rotatable bonds is 1. The van der Waals surface area contributed by atoms with Gasteiger partial charge in [-0.15, -0.1) is 0 Å². The van der Waals surface area contributed by atoms with Crippen molar-refractivity contribution in [1.29, 1.82) is 0 Å². The predicted molar refractivity (Wildman–Crippen MR) is 61.4 cm³/mol. The summed E-state index contributed by atoms with van der Waals surface area (Å²) in [6, 6.07) is 4.51. The van der Waals surface area contributed by atoms with Crippen LogP contribution in [0.1, 0.15) is 20.8 Å². The van der Waals surface area contributed by atoms with E-state index >= 15 is 0 Å². The van der Waals surface area contributed by atoms with Gasteiger partial charge in [-0.2, -0.15) is 0 Å². The van der Waals surface area contributed by atoms with Crippen LogP contribution in [-0.4, -0.2) is 16.7 Å². The molecule has 1 amide bonds. The molecule has 0 aromatic heterocycles. The van der Waals surface area contributed by atoms with Gasteiger partial charge in [0, 0.05) is 5.54 Å². The Morgan fingerprint density at radius 1 is 1.44 bits per heavy atom. The summed E-state index contributed by atoms with van der Waals surface area (Å²) in [5.74, 6) is -0.187. The molecule has 0 aliphatic carbocycles. The summed E-state index contributed by atoms with van der Waals surface area (Å²) in [4.78, 5) is 11.4. The summed E-state index contributed by atoms with van der Waals surface area (Å²) in [6.07, 6.45) is -0.652. The summed E-state index contributed by atoms with van der Waals surface area (Å²) >= 11 is 0. The molecule has 0 unspecified atom stereocenters. The van der Waals surface area contributed by atoms with Gasteiger partial charge < -0.3 is 20.9 Å². The van der Waals surface area contributed by atoms with Crippen LogP contribution in [-0.2, 0) is 0 Å². The summed E-state index contributed by atoms with van der Waals surface area (Å²) in [7, 11) is 0. The number of nitrogens with two attached hydrogens (primary N) is 1. The predicted octanol–water partition coefficient (Wildman–Crippen LogP) is 1.86. The quantitative estimate of drug-likeness (QED) is 0.636. The molecule has 0 radical (unpaired) electrons. The Bertz CT molecular complexity index is 376. The number of carbonyl (C=O) groups excluding carboxylic acids is 1. The first-order chi connectivity index (χ1) is 7.29. The highest BCUT2D eigenvalue weighted by atomic mass is 16.6. The standard InChI is InChI=1S/C11H16N2O3/c1-11(2,3)13-10(15)16-9-7(12)5-4-6-8(9)14/h4-6,14H,12H2,1-3H3,(H,13,15). The molecule has 5 nitrogen and oxygen atoms in total. The van der Waals surface area contributed by atoms with E-state index in [0.717, 1.165) is 0 Å². The van der Waals surface area contributed by atoms with Gasteiger partial charge in [-0.1, -0.05) is 6.07 Å².